The molecule has 2 aromatic heterocycles. The molecule has 3 rings (SSSR count). The van der Waals surface area contributed by atoms with Crippen LogP contribution in [0.1, 0.15) is 39.4 Å². The summed E-state index contributed by atoms with van der Waals surface area (Å²) in [5, 5.41) is 13.2. The Morgan fingerprint density at radius 1 is 1.33 bits per heavy atom. The number of amides is 1. The van der Waals surface area contributed by atoms with Gasteiger partial charge in [0.05, 0.1) is 24.2 Å². The Labute approximate surface area is 176 Å². The number of hydrogen-bond acceptors (Lipinski definition) is 6. The number of aromatic nitrogens is 3. The number of fused-ring (bicyclic) bond motifs is 3. The van der Waals surface area contributed by atoms with Crippen molar-refractivity contribution < 1.29 is 14.6 Å². The van der Waals surface area contributed by atoms with Crippen molar-refractivity contribution in [2.45, 2.75) is 46.6 Å². The molecule has 0 spiro atoms. The molecular formula is C22H31N5O3. The fourth-order valence-electron chi connectivity index (χ4n) is 3.46. The van der Waals surface area contributed by atoms with Gasteiger partial charge >= 0.3 is 0 Å². The molecule has 2 heterocycles. The second-order valence-corrected chi connectivity index (χ2v) is 7.67. The van der Waals surface area contributed by atoms with Crippen LogP contribution in [-0.4, -0.2) is 45.3 Å². The van der Waals surface area contributed by atoms with Gasteiger partial charge in [-0.3, -0.25) is 4.79 Å². The lowest BCUT2D eigenvalue weighted by molar-refractivity contribution is -0.123. The van der Waals surface area contributed by atoms with Crippen LogP contribution in [-0.2, 0) is 17.8 Å². The number of aliphatic hydroxyl groups excluding tert-OH is 1. The number of imidazole rings is 1. The summed E-state index contributed by atoms with van der Waals surface area (Å²) in [6.45, 7) is 7.76. The second kappa shape index (κ2) is 9.75. The number of aliphatic hydroxyl groups is 1. The zero-order chi connectivity index (χ0) is 21.7. The van der Waals surface area contributed by atoms with E-state index in [1.165, 1.54) is 0 Å². The number of anilines is 1. The summed E-state index contributed by atoms with van der Waals surface area (Å²) in [5.74, 6) is 1.94. The predicted molar refractivity (Wildman–Crippen MR) is 118 cm³/mol. The summed E-state index contributed by atoms with van der Waals surface area (Å²) in [7, 11) is 0. The molecule has 162 valence electrons. The zero-order valence-electron chi connectivity index (χ0n) is 17.9. The Morgan fingerprint density at radius 2 is 2.13 bits per heavy atom. The minimum absolute atomic E-state index is 0.0150. The Hall–Kier alpha value is -2.87. The monoisotopic (exact) mass is 413 g/mol. The fourth-order valence-corrected chi connectivity index (χ4v) is 3.46. The molecule has 0 unspecified atom stereocenters. The molecule has 0 saturated heterocycles. The van der Waals surface area contributed by atoms with Crippen LogP contribution in [0.4, 0.5) is 5.82 Å². The van der Waals surface area contributed by atoms with Crippen molar-refractivity contribution in [1.29, 1.82) is 0 Å². The van der Waals surface area contributed by atoms with Crippen LogP contribution in [0.2, 0.25) is 0 Å². The van der Waals surface area contributed by atoms with Gasteiger partial charge < -0.3 is 25.5 Å². The Kier molecular flexibility index (Phi) is 7.10. The molecule has 8 heteroatoms. The van der Waals surface area contributed by atoms with Gasteiger partial charge in [0.1, 0.15) is 17.1 Å². The van der Waals surface area contributed by atoms with E-state index >= 15 is 0 Å². The van der Waals surface area contributed by atoms with E-state index in [1.54, 1.807) is 0 Å². The van der Waals surface area contributed by atoms with E-state index in [-0.39, 0.29) is 18.4 Å². The Balaban J connectivity index is 1.82. The van der Waals surface area contributed by atoms with E-state index in [2.05, 4.69) is 26.8 Å². The molecule has 4 N–H and O–H groups in total. The van der Waals surface area contributed by atoms with Gasteiger partial charge in [0.2, 0.25) is 5.91 Å². The molecule has 0 atom stereocenters. The first-order valence-electron chi connectivity index (χ1n) is 10.6. The molecule has 0 bridgehead atoms. The number of nitrogens with two attached hydrogens (primary N) is 1. The zero-order valence-corrected chi connectivity index (χ0v) is 17.9. The summed E-state index contributed by atoms with van der Waals surface area (Å²) in [4.78, 5) is 20.8. The lowest BCUT2D eigenvalue weighted by Crippen LogP contribution is -2.29. The summed E-state index contributed by atoms with van der Waals surface area (Å²) in [6.07, 6.45) is 2.14. The number of aryl methyl sites for hydroxylation is 1. The largest absolute Gasteiger partial charge is 0.493 e. The molecule has 30 heavy (non-hydrogen) atoms. The SMILES string of the molecule is CCCn1c(CCO)nc2c(N)nc3cc(OCCCNC(=O)C(C)C)ccc3c21. The first-order chi connectivity index (χ1) is 14.5. The van der Waals surface area contributed by atoms with E-state index < -0.39 is 0 Å². The van der Waals surface area contributed by atoms with Crippen LogP contribution in [0.3, 0.4) is 0 Å². The van der Waals surface area contributed by atoms with Gasteiger partial charge in [-0.25, -0.2) is 9.97 Å². The quantitative estimate of drug-likeness (QED) is 0.440. The number of nitrogen functional groups attached to an aromatic ring is 1. The lowest BCUT2D eigenvalue weighted by atomic mass is 10.1. The normalized spacial score (nSPS) is 11.5. The van der Waals surface area contributed by atoms with E-state index in [0.717, 1.165) is 41.6 Å². The Bertz CT molecular complexity index is 1030. The maximum Gasteiger partial charge on any atom is 0.222 e. The molecule has 0 aliphatic rings. The fraction of sp³-hybridized carbons (Fsp3) is 0.500. The number of carbonyl (C=O) groups excluding carboxylic acids is 1. The minimum atomic E-state index is -0.0150. The maximum absolute atomic E-state index is 11.6. The highest BCUT2D eigenvalue weighted by atomic mass is 16.5. The third-order valence-corrected chi connectivity index (χ3v) is 4.95. The van der Waals surface area contributed by atoms with Crippen LogP contribution < -0.4 is 15.8 Å². The van der Waals surface area contributed by atoms with Crippen LogP contribution in [0.25, 0.3) is 21.9 Å². The third-order valence-electron chi connectivity index (χ3n) is 4.95. The molecule has 3 aromatic rings. The first-order valence-corrected chi connectivity index (χ1v) is 10.6. The number of ether oxygens (including phenoxy) is 1. The van der Waals surface area contributed by atoms with E-state index in [0.29, 0.717) is 36.7 Å². The summed E-state index contributed by atoms with van der Waals surface area (Å²) >= 11 is 0. The molecule has 0 fully saturated rings. The van der Waals surface area contributed by atoms with Crippen molar-refractivity contribution in [2.24, 2.45) is 5.92 Å². The van der Waals surface area contributed by atoms with Gasteiger partial charge in [0.25, 0.3) is 0 Å². The van der Waals surface area contributed by atoms with E-state index in [9.17, 15) is 9.90 Å². The standard InChI is InChI=1S/C22H31N5O3/c1-4-10-27-18(8-11-28)26-19-20(27)16-7-6-15(13-17(16)25-21(19)23)30-12-5-9-24-22(29)14(2)3/h6-7,13-14,28H,4-5,8-12H2,1-3H3,(H2,23,25)(H,24,29). The van der Waals surface area contributed by atoms with Crippen molar-refractivity contribution in [3.8, 4) is 5.75 Å². The average Bonchev–Trinajstić information content (AvgIpc) is 3.07. The van der Waals surface area contributed by atoms with Gasteiger partial charge in [0, 0.05) is 36.9 Å². The summed E-state index contributed by atoms with van der Waals surface area (Å²) in [6, 6.07) is 5.78. The number of carbonyl (C=O) groups is 1. The molecule has 0 saturated carbocycles. The number of rotatable bonds is 10. The van der Waals surface area contributed by atoms with Gasteiger partial charge in [0.15, 0.2) is 5.82 Å². The second-order valence-electron chi connectivity index (χ2n) is 7.67. The maximum atomic E-state index is 11.6. The minimum Gasteiger partial charge on any atom is -0.493 e. The third kappa shape index (κ3) is 4.64. The summed E-state index contributed by atoms with van der Waals surface area (Å²) in [5.41, 5.74) is 8.58. The van der Waals surface area contributed by atoms with Crippen LogP contribution in [0.15, 0.2) is 18.2 Å². The number of benzene rings is 1. The smallest absolute Gasteiger partial charge is 0.222 e. The van der Waals surface area contributed by atoms with Gasteiger partial charge in [-0.15, -0.1) is 0 Å². The predicted octanol–water partition coefficient (Wildman–Crippen LogP) is 2.65. The van der Waals surface area contributed by atoms with Crippen molar-refractivity contribution >= 4 is 33.7 Å². The molecule has 0 aliphatic carbocycles. The topological polar surface area (TPSA) is 115 Å². The lowest BCUT2D eigenvalue weighted by Gasteiger charge is -2.11. The molecule has 8 nitrogen and oxygen atoms in total. The highest BCUT2D eigenvalue weighted by Gasteiger charge is 2.17. The number of nitrogens with zero attached hydrogens (tertiary/aromatic N) is 3. The van der Waals surface area contributed by atoms with Gasteiger partial charge in [-0.2, -0.15) is 0 Å². The first kappa shape index (κ1) is 21.8. The molecule has 1 aromatic carbocycles. The highest BCUT2D eigenvalue weighted by molar-refractivity contribution is 6.06. The van der Waals surface area contributed by atoms with Crippen LogP contribution in [0.5, 0.6) is 5.75 Å². The van der Waals surface area contributed by atoms with Crippen molar-refractivity contribution in [3.63, 3.8) is 0 Å². The van der Waals surface area contributed by atoms with Gasteiger partial charge in [-0.05, 0) is 25.0 Å². The Morgan fingerprint density at radius 3 is 2.83 bits per heavy atom. The van der Waals surface area contributed by atoms with Crippen molar-refractivity contribution in [1.82, 2.24) is 19.9 Å². The molecular weight excluding hydrogens is 382 g/mol. The number of pyridine rings is 1. The van der Waals surface area contributed by atoms with E-state index in [4.69, 9.17) is 10.5 Å². The molecule has 1 amide bonds. The summed E-state index contributed by atoms with van der Waals surface area (Å²) < 4.78 is 7.97. The molecule has 0 aliphatic heterocycles. The van der Waals surface area contributed by atoms with Crippen LogP contribution >= 0.6 is 0 Å². The van der Waals surface area contributed by atoms with E-state index in [1.807, 2.05) is 32.0 Å². The average molecular weight is 414 g/mol. The highest BCUT2D eigenvalue weighted by Crippen LogP contribution is 2.31. The van der Waals surface area contributed by atoms with Gasteiger partial charge in [-0.1, -0.05) is 20.8 Å². The van der Waals surface area contributed by atoms with Crippen LogP contribution in [0, 0.1) is 5.92 Å². The molecule has 0 radical (unpaired) electrons. The number of hydrogen-bond donors (Lipinski definition) is 3. The van der Waals surface area contributed by atoms with Crippen molar-refractivity contribution in [3.05, 3.63) is 24.0 Å². The number of nitrogens with one attached hydrogen (secondary N) is 1. The van der Waals surface area contributed by atoms with Crippen molar-refractivity contribution in [2.75, 3.05) is 25.5 Å².